The Morgan fingerprint density at radius 2 is 2.33 bits per heavy atom. The fourth-order valence-electron chi connectivity index (χ4n) is 1.76. The molecular formula is C9H14N4O2S3. The highest BCUT2D eigenvalue weighted by molar-refractivity contribution is 7.91. The van der Waals surface area contributed by atoms with Gasteiger partial charge in [-0.3, -0.25) is 0 Å². The molecule has 2 rings (SSSR count). The fraction of sp³-hybridized carbons (Fsp3) is 0.667. The molecule has 1 aliphatic heterocycles. The second kappa shape index (κ2) is 5.45. The monoisotopic (exact) mass is 306 g/mol. The van der Waals surface area contributed by atoms with E-state index in [9.17, 15) is 8.42 Å². The second-order valence-electron chi connectivity index (χ2n) is 4.23. The van der Waals surface area contributed by atoms with Gasteiger partial charge in [-0.25, -0.2) is 8.42 Å². The molecule has 0 bridgehead atoms. The summed E-state index contributed by atoms with van der Waals surface area (Å²) in [6, 6.07) is 0. The van der Waals surface area contributed by atoms with Gasteiger partial charge in [-0.15, -0.1) is 10.2 Å². The van der Waals surface area contributed by atoms with Gasteiger partial charge in [-0.2, -0.15) is 0 Å². The molecule has 1 aromatic rings. The Kier molecular flexibility index (Phi) is 4.13. The Labute approximate surface area is 115 Å². The van der Waals surface area contributed by atoms with Gasteiger partial charge in [-0.05, 0) is 31.5 Å². The Morgan fingerprint density at radius 1 is 1.56 bits per heavy atom. The maximum absolute atomic E-state index is 11.3. The number of aryl methyl sites for hydroxylation is 1. The predicted molar refractivity (Wildman–Crippen MR) is 75.6 cm³/mol. The Morgan fingerprint density at radius 3 is 2.89 bits per heavy atom. The molecule has 100 valence electrons. The lowest BCUT2D eigenvalue weighted by atomic mass is 10.1. The van der Waals surface area contributed by atoms with Crippen LogP contribution in [0.1, 0.15) is 11.4 Å². The lowest BCUT2D eigenvalue weighted by molar-refractivity contribution is 0.574. The third-order valence-electron chi connectivity index (χ3n) is 2.62. The molecule has 1 atom stereocenters. The van der Waals surface area contributed by atoms with Gasteiger partial charge in [0.05, 0.1) is 11.5 Å². The normalized spacial score (nSPS) is 21.7. The van der Waals surface area contributed by atoms with Crippen molar-refractivity contribution < 1.29 is 8.42 Å². The molecule has 1 aromatic heterocycles. The molecule has 2 heterocycles. The summed E-state index contributed by atoms with van der Waals surface area (Å²) >= 11 is 6.52. The van der Waals surface area contributed by atoms with Gasteiger partial charge in [-0.1, -0.05) is 11.3 Å². The van der Waals surface area contributed by atoms with Crippen LogP contribution in [0.5, 0.6) is 0 Å². The molecule has 6 nitrogen and oxygen atoms in total. The van der Waals surface area contributed by atoms with Crippen molar-refractivity contribution in [2.45, 2.75) is 13.3 Å². The summed E-state index contributed by atoms with van der Waals surface area (Å²) in [6.45, 7) is 2.44. The number of thiocarbonyl (C=S) groups is 1. The molecule has 0 radical (unpaired) electrons. The molecule has 2 N–H and O–H groups in total. The van der Waals surface area contributed by atoms with E-state index < -0.39 is 9.84 Å². The maximum atomic E-state index is 11.3. The summed E-state index contributed by atoms with van der Waals surface area (Å²) in [4.78, 5) is 0. The van der Waals surface area contributed by atoms with Crippen molar-refractivity contribution >= 4 is 43.6 Å². The molecule has 0 amide bonds. The highest BCUT2D eigenvalue weighted by atomic mass is 32.2. The zero-order valence-corrected chi connectivity index (χ0v) is 12.3. The summed E-state index contributed by atoms with van der Waals surface area (Å²) in [5.41, 5.74) is 0. The van der Waals surface area contributed by atoms with E-state index in [1.807, 2.05) is 6.92 Å². The number of sulfone groups is 1. The van der Waals surface area contributed by atoms with E-state index in [1.165, 1.54) is 11.3 Å². The second-order valence-corrected chi connectivity index (χ2v) is 8.05. The number of hydrogen-bond acceptors (Lipinski definition) is 6. The van der Waals surface area contributed by atoms with Crippen molar-refractivity contribution in [1.29, 1.82) is 0 Å². The van der Waals surface area contributed by atoms with Gasteiger partial charge in [0, 0.05) is 6.54 Å². The minimum Gasteiger partial charge on any atom is -0.362 e. The summed E-state index contributed by atoms with van der Waals surface area (Å²) < 4.78 is 22.6. The zero-order chi connectivity index (χ0) is 13.2. The van der Waals surface area contributed by atoms with Crippen LogP contribution in [-0.2, 0) is 9.84 Å². The van der Waals surface area contributed by atoms with E-state index in [0.717, 1.165) is 5.01 Å². The topological polar surface area (TPSA) is 84.0 Å². The van der Waals surface area contributed by atoms with E-state index in [4.69, 9.17) is 12.2 Å². The van der Waals surface area contributed by atoms with Crippen LogP contribution >= 0.6 is 23.6 Å². The number of rotatable bonds is 3. The highest BCUT2D eigenvalue weighted by Gasteiger charge is 2.27. The van der Waals surface area contributed by atoms with Crippen LogP contribution in [-0.4, -0.2) is 41.8 Å². The number of anilines is 1. The van der Waals surface area contributed by atoms with Gasteiger partial charge in [0.25, 0.3) is 0 Å². The van der Waals surface area contributed by atoms with Gasteiger partial charge in [0.15, 0.2) is 14.9 Å². The third kappa shape index (κ3) is 3.85. The van der Waals surface area contributed by atoms with Crippen molar-refractivity contribution in [3.8, 4) is 0 Å². The van der Waals surface area contributed by atoms with Crippen LogP contribution in [0.15, 0.2) is 0 Å². The highest BCUT2D eigenvalue weighted by Crippen LogP contribution is 2.17. The minimum absolute atomic E-state index is 0.144. The van der Waals surface area contributed by atoms with Crippen molar-refractivity contribution in [3.05, 3.63) is 5.01 Å². The van der Waals surface area contributed by atoms with Gasteiger partial charge in [0.2, 0.25) is 5.13 Å². The van der Waals surface area contributed by atoms with E-state index in [2.05, 4.69) is 20.8 Å². The number of nitrogens with one attached hydrogen (secondary N) is 2. The van der Waals surface area contributed by atoms with Gasteiger partial charge in [0.1, 0.15) is 5.01 Å². The number of nitrogens with zero attached hydrogens (tertiary/aromatic N) is 2. The minimum atomic E-state index is -2.82. The van der Waals surface area contributed by atoms with Crippen LogP contribution in [0.3, 0.4) is 0 Å². The predicted octanol–water partition coefficient (Wildman–Crippen LogP) is 0.568. The Balaban J connectivity index is 1.76. The third-order valence-corrected chi connectivity index (χ3v) is 5.46. The summed E-state index contributed by atoms with van der Waals surface area (Å²) in [5.74, 6) is 0.682. The van der Waals surface area contributed by atoms with Crippen LogP contribution in [0.4, 0.5) is 5.13 Å². The molecule has 0 saturated carbocycles. The Hall–Kier alpha value is -0.800. The van der Waals surface area contributed by atoms with Crippen molar-refractivity contribution in [3.63, 3.8) is 0 Å². The molecule has 1 fully saturated rings. The van der Waals surface area contributed by atoms with E-state index in [1.54, 1.807) is 0 Å². The molecule has 1 aliphatic rings. The van der Waals surface area contributed by atoms with Crippen molar-refractivity contribution in [2.75, 3.05) is 23.4 Å². The molecule has 0 aromatic carbocycles. The van der Waals surface area contributed by atoms with Crippen LogP contribution in [0.25, 0.3) is 0 Å². The summed E-state index contributed by atoms with van der Waals surface area (Å²) in [7, 11) is -2.82. The maximum Gasteiger partial charge on any atom is 0.211 e. The lowest BCUT2D eigenvalue weighted by Gasteiger charge is -2.11. The first-order chi connectivity index (χ1) is 8.44. The average molecular weight is 306 g/mol. The van der Waals surface area contributed by atoms with Crippen molar-refractivity contribution in [2.24, 2.45) is 5.92 Å². The van der Waals surface area contributed by atoms with Gasteiger partial charge >= 0.3 is 0 Å². The summed E-state index contributed by atoms with van der Waals surface area (Å²) in [5, 5.41) is 15.7. The van der Waals surface area contributed by atoms with Crippen molar-refractivity contribution in [1.82, 2.24) is 15.5 Å². The van der Waals surface area contributed by atoms with Gasteiger partial charge < -0.3 is 10.6 Å². The average Bonchev–Trinajstić information content (AvgIpc) is 2.82. The molecule has 9 heteroatoms. The quantitative estimate of drug-likeness (QED) is 0.790. The van der Waals surface area contributed by atoms with Crippen LogP contribution in [0, 0.1) is 12.8 Å². The first-order valence-corrected chi connectivity index (χ1v) is 8.54. The largest absolute Gasteiger partial charge is 0.362 e. The smallest absolute Gasteiger partial charge is 0.211 e. The molecule has 0 spiro atoms. The molecule has 1 saturated heterocycles. The standard InChI is InChI=1S/C9H14N4O2S3/c1-6-12-13-9(17-6)11-8(16)10-4-7-2-3-18(14,15)5-7/h7H,2-5H2,1H3,(H2,10,11,13,16)/t7-/m0/s1. The molecular weight excluding hydrogens is 292 g/mol. The SMILES string of the molecule is Cc1nnc(NC(=S)NC[C@@H]2CCS(=O)(=O)C2)s1. The van der Waals surface area contributed by atoms with E-state index in [-0.39, 0.29) is 17.4 Å². The lowest BCUT2D eigenvalue weighted by Crippen LogP contribution is -2.33. The fourth-order valence-corrected chi connectivity index (χ4v) is 4.46. The van der Waals surface area contributed by atoms with E-state index >= 15 is 0 Å². The molecule has 0 unspecified atom stereocenters. The summed E-state index contributed by atoms with van der Waals surface area (Å²) in [6.07, 6.45) is 0.704. The van der Waals surface area contributed by atoms with Crippen LogP contribution in [0.2, 0.25) is 0 Å². The first kappa shape index (κ1) is 13.6. The number of aromatic nitrogens is 2. The van der Waals surface area contributed by atoms with Crippen LogP contribution < -0.4 is 10.6 Å². The number of hydrogen-bond donors (Lipinski definition) is 2. The first-order valence-electron chi connectivity index (χ1n) is 5.50. The van der Waals surface area contributed by atoms with E-state index in [0.29, 0.717) is 23.2 Å². The zero-order valence-electron chi connectivity index (χ0n) is 9.84. The molecule has 0 aliphatic carbocycles. The molecule has 18 heavy (non-hydrogen) atoms. The Bertz CT molecular complexity index is 540.